The number of hydrogen-bond acceptors (Lipinski definition) is 3. The number of para-hydroxylation sites is 1. The van der Waals surface area contributed by atoms with Gasteiger partial charge in [-0.2, -0.15) is 0 Å². The minimum atomic E-state index is -0.0481. The average molecular weight is 346 g/mol. The maximum absolute atomic E-state index is 13.1. The Labute approximate surface area is 153 Å². The highest BCUT2D eigenvalue weighted by molar-refractivity contribution is 5.69. The molecule has 1 heterocycles. The molecule has 3 aromatic rings. The fourth-order valence-corrected chi connectivity index (χ4v) is 2.97. The van der Waals surface area contributed by atoms with Gasteiger partial charge in [0.05, 0.1) is 12.7 Å². The van der Waals surface area contributed by atoms with Crippen molar-refractivity contribution < 1.29 is 4.74 Å². The maximum atomic E-state index is 13.1. The maximum Gasteiger partial charge on any atom is 0.261 e. The van der Waals surface area contributed by atoms with Crippen molar-refractivity contribution in [1.29, 1.82) is 0 Å². The Balaban J connectivity index is 2.24. The van der Waals surface area contributed by atoms with Crippen LogP contribution < -0.4 is 10.3 Å². The van der Waals surface area contributed by atoms with Crippen LogP contribution in [0, 0.1) is 6.92 Å². The zero-order valence-corrected chi connectivity index (χ0v) is 15.3. The van der Waals surface area contributed by atoms with Gasteiger partial charge in [-0.15, -0.1) is 0 Å². The number of aromatic nitrogens is 2. The van der Waals surface area contributed by atoms with E-state index in [1.54, 1.807) is 17.9 Å². The molecule has 0 aliphatic heterocycles. The lowest BCUT2D eigenvalue weighted by Gasteiger charge is -2.14. The molecule has 0 saturated heterocycles. The predicted molar refractivity (Wildman–Crippen MR) is 106 cm³/mol. The van der Waals surface area contributed by atoms with Gasteiger partial charge in [0.25, 0.3) is 5.56 Å². The first-order chi connectivity index (χ1) is 12.7. The lowest BCUT2D eigenvalue weighted by Crippen LogP contribution is -2.24. The number of benzene rings is 2. The van der Waals surface area contributed by atoms with E-state index in [1.807, 2.05) is 74.5 Å². The SMILES string of the molecule is CCc1c(C)nc(-c2ccccc2OC)n(C=Cc2ccccc2)c1=O. The van der Waals surface area contributed by atoms with Crippen LogP contribution in [0.5, 0.6) is 5.75 Å². The molecule has 3 rings (SSSR count). The van der Waals surface area contributed by atoms with E-state index in [2.05, 4.69) is 0 Å². The Hall–Kier alpha value is -3.14. The van der Waals surface area contributed by atoms with Crippen LogP contribution in [-0.4, -0.2) is 16.7 Å². The number of methoxy groups -OCH3 is 1. The second kappa shape index (κ2) is 7.83. The summed E-state index contributed by atoms with van der Waals surface area (Å²) in [7, 11) is 1.62. The summed E-state index contributed by atoms with van der Waals surface area (Å²) < 4.78 is 7.08. The van der Waals surface area contributed by atoms with Crippen LogP contribution in [0.25, 0.3) is 23.7 Å². The Bertz CT molecular complexity index is 989. The van der Waals surface area contributed by atoms with Gasteiger partial charge in [0.1, 0.15) is 5.75 Å². The van der Waals surface area contributed by atoms with Crippen molar-refractivity contribution >= 4 is 12.3 Å². The molecule has 26 heavy (non-hydrogen) atoms. The van der Waals surface area contributed by atoms with E-state index in [4.69, 9.17) is 9.72 Å². The Kier molecular flexibility index (Phi) is 5.32. The molecule has 0 bridgehead atoms. The van der Waals surface area contributed by atoms with Gasteiger partial charge in [-0.3, -0.25) is 9.36 Å². The van der Waals surface area contributed by atoms with Crippen LogP contribution >= 0.6 is 0 Å². The van der Waals surface area contributed by atoms with Crippen molar-refractivity contribution in [1.82, 2.24) is 9.55 Å². The third kappa shape index (κ3) is 3.45. The van der Waals surface area contributed by atoms with Gasteiger partial charge < -0.3 is 4.74 Å². The summed E-state index contributed by atoms with van der Waals surface area (Å²) in [6, 6.07) is 17.5. The first-order valence-electron chi connectivity index (χ1n) is 8.64. The average Bonchev–Trinajstić information content (AvgIpc) is 2.68. The summed E-state index contributed by atoms with van der Waals surface area (Å²) in [4.78, 5) is 17.8. The molecule has 0 aliphatic carbocycles. The smallest absolute Gasteiger partial charge is 0.261 e. The van der Waals surface area contributed by atoms with Gasteiger partial charge >= 0.3 is 0 Å². The van der Waals surface area contributed by atoms with E-state index >= 15 is 0 Å². The van der Waals surface area contributed by atoms with Gasteiger partial charge in [0, 0.05) is 17.5 Å². The number of ether oxygens (including phenoxy) is 1. The lowest BCUT2D eigenvalue weighted by molar-refractivity contribution is 0.416. The van der Waals surface area contributed by atoms with Gasteiger partial charge in [-0.05, 0) is 37.1 Å². The summed E-state index contributed by atoms with van der Waals surface area (Å²) in [6.07, 6.45) is 4.34. The minimum Gasteiger partial charge on any atom is -0.496 e. The summed E-state index contributed by atoms with van der Waals surface area (Å²) >= 11 is 0. The highest BCUT2D eigenvalue weighted by atomic mass is 16.5. The lowest BCUT2D eigenvalue weighted by atomic mass is 10.1. The fourth-order valence-electron chi connectivity index (χ4n) is 2.97. The van der Waals surface area contributed by atoms with E-state index < -0.39 is 0 Å². The zero-order chi connectivity index (χ0) is 18.5. The van der Waals surface area contributed by atoms with E-state index in [-0.39, 0.29) is 5.56 Å². The third-order valence-electron chi connectivity index (χ3n) is 4.33. The van der Waals surface area contributed by atoms with Gasteiger partial charge in [-0.1, -0.05) is 49.4 Å². The largest absolute Gasteiger partial charge is 0.496 e. The molecular formula is C22H22N2O2. The van der Waals surface area contributed by atoms with Crippen LogP contribution in [0.3, 0.4) is 0 Å². The quantitative estimate of drug-likeness (QED) is 0.687. The van der Waals surface area contributed by atoms with Crippen LogP contribution in [-0.2, 0) is 6.42 Å². The molecule has 0 amide bonds. The molecule has 0 unspecified atom stereocenters. The van der Waals surface area contributed by atoms with Crippen molar-refractivity contribution in [3.05, 3.63) is 81.8 Å². The molecule has 0 aliphatic rings. The Morgan fingerprint density at radius 2 is 1.77 bits per heavy atom. The molecule has 0 atom stereocenters. The van der Waals surface area contributed by atoms with Crippen LogP contribution in [0.2, 0.25) is 0 Å². The summed E-state index contributed by atoms with van der Waals surface area (Å²) in [5, 5.41) is 0. The number of aryl methyl sites for hydroxylation is 1. The molecule has 0 saturated carbocycles. The van der Waals surface area contributed by atoms with E-state index in [0.717, 1.165) is 22.4 Å². The van der Waals surface area contributed by atoms with Gasteiger partial charge in [-0.25, -0.2) is 4.98 Å². The molecule has 4 nitrogen and oxygen atoms in total. The van der Waals surface area contributed by atoms with E-state index in [1.165, 1.54) is 0 Å². The molecule has 0 radical (unpaired) electrons. The number of hydrogen-bond donors (Lipinski definition) is 0. The van der Waals surface area contributed by atoms with Crippen LogP contribution in [0.15, 0.2) is 59.4 Å². The van der Waals surface area contributed by atoms with Crippen LogP contribution in [0.4, 0.5) is 0 Å². The highest BCUT2D eigenvalue weighted by Crippen LogP contribution is 2.28. The molecule has 2 aromatic carbocycles. The fraction of sp³-hybridized carbons (Fsp3) is 0.182. The van der Waals surface area contributed by atoms with E-state index in [0.29, 0.717) is 18.0 Å². The topological polar surface area (TPSA) is 44.1 Å². The molecule has 0 spiro atoms. The molecule has 0 fully saturated rings. The van der Waals surface area contributed by atoms with E-state index in [9.17, 15) is 4.79 Å². The summed E-state index contributed by atoms with van der Waals surface area (Å²) in [5.41, 5.74) is 3.23. The summed E-state index contributed by atoms with van der Waals surface area (Å²) in [6.45, 7) is 3.85. The van der Waals surface area contributed by atoms with Crippen molar-refractivity contribution in [2.45, 2.75) is 20.3 Å². The second-order valence-corrected chi connectivity index (χ2v) is 5.95. The molecule has 1 aromatic heterocycles. The zero-order valence-electron chi connectivity index (χ0n) is 15.3. The van der Waals surface area contributed by atoms with Crippen molar-refractivity contribution in [2.24, 2.45) is 0 Å². The van der Waals surface area contributed by atoms with Crippen molar-refractivity contribution in [3.8, 4) is 17.1 Å². The number of nitrogens with zero attached hydrogens (tertiary/aromatic N) is 2. The Morgan fingerprint density at radius 1 is 1.08 bits per heavy atom. The highest BCUT2D eigenvalue weighted by Gasteiger charge is 2.16. The first-order valence-corrected chi connectivity index (χ1v) is 8.64. The monoisotopic (exact) mass is 346 g/mol. The third-order valence-corrected chi connectivity index (χ3v) is 4.33. The first kappa shape index (κ1) is 17.7. The molecule has 4 heteroatoms. The van der Waals surface area contributed by atoms with Gasteiger partial charge in [0.2, 0.25) is 0 Å². The molecule has 132 valence electrons. The predicted octanol–water partition coefficient (Wildman–Crippen LogP) is 4.42. The Morgan fingerprint density at radius 3 is 2.46 bits per heavy atom. The van der Waals surface area contributed by atoms with Crippen LogP contribution in [0.1, 0.15) is 23.7 Å². The normalized spacial score (nSPS) is 11.0. The van der Waals surface area contributed by atoms with Crippen molar-refractivity contribution in [3.63, 3.8) is 0 Å². The standard InChI is InChI=1S/C22H22N2O2/c1-4-18-16(2)23-21(19-12-8-9-13-20(19)26-3)24(22(18)25)15-14-17-10-6-5-7-11-17/h5-15H,4H2,1-3H3. The van der Waals surface area contributed by atoms with Gasteiger partial charge in [0.15, 0.2) is 5.82 Å². The molecule has 0 N–H and O–H groups in total. The molecular weight excluding hydrogens is 324 g/mol. The number of rotatable bonds is 5. The summed E-state index contributed by atoms with van der Waals surface area (Å²) in [5.74, 6) is 1.26. The second-order valence-electron chi connectivity index (χ2n) is 5.95. The minimum absolute atomic E-state index is 0.0481. The van der Waals surface area contributed by atoms with Crippen molar-refractivity contribution in [2.75, 3.05) is 7.11 Å².